The summed E-state index contributed by atoms with van der Waals surface area (Å²) in [6.45, 7) is -0.910. The van der Waals surface area contributed by atoms with Crippen LogP contribution in [0.15, 0.2) is 42.5 Å². The molecule has 1 aromatic carbocycles. The predicted molar refractivity (Wildman–Crippen MR) is 90.5 cm³/mol. The van der Waals surface area contributed by atoms with Crippen LogP contribution in [-0.4, -0.2) is 41.7 Å². The lowest BCUT2D eigenvalue weighted by atomic mass is 9.85. The molecule has 3 amide bonds. The van der Waals surface area contributed by atoms with Crippen LogP contribution in [-0.2, 0) is 23.9 Å². The Balaban J connectivity index is 1.29. The predicted octanol–water partition coefficient (Wildman–Crippen LogP) is 0.975. The van der Waals surface area contributed by atoms with Crippen LogP contribution < -0.4 is 5.32 Å². The minimum Gasteiger partial charge on any atom is -0.454 e. The molecule has 3 aliphatic rings. The van der Waals surface area contributed by atoms with E-state index in [1.54, 1.807) is 24.3 Å². The number of amides is 3. The fourth-order valence-electron chi connectivity index (χ4n) is 4.16. The van der Waals surface area contributed by atoms with Crippen molar-refractivity contribution in [2.24, 2.45) is 23.7 Å². The molecule has 0 aromatic heterocycles. The zero-order chi connectivity index (χ0) is 18.3. The molecule has 0 unspecified atom stereocenters. The molecule has 1 heterocycles. The van der Waals surface area contributed by atoms with Crippen molar-refractivity contribution >= 4 is 29.4 Å². The third-order valence-corrected chi connectivity index (χ3v) is 5.27. The highest BCUT2D eigenvalue weighted by molar-refractivity contribution is 6.08. The van der Waals surface area contributed by atoms with Gasteiger partial charge in [-0.2, -0.15) is 0 Å². The van der Waals surface area contributed by atoms with Crippen molar-refractivity contribution in [3.63, 3.8) is 0 Å². The van der Waals surface area contributed by atoms with Crippen molar-refractivity contribution in [2.75, 3.05) is 18.5 Å². The number of para-hydroxylation sites is 1. The number of esters is 1. The number of hydrogen-bond acceptors (Lipinski definition) is 5. The number of likely N-dealkylation sites (tertiary alicyclic amines) is 1. The summed E-state index contributed by atoms with van der Waals surface area (Å²) in [6, 6.07) is 8.78. The SMILES string of the molecule is O=C(COC(=O)CN1C(=O)[C@H]2[C@H](C1=O)[C@H]1C=C[C@H]2C1)Nc1ccccc1. The van der Waals surface area contributed by atoms with Gasteiger partial charge in [-0.25, -0.2) is 0 Å². The van der Waals surface area contributed by atoms with E-state index in [1.807, 2.05) is 18.2 Å². The number of nitrogens with zero attached hydrogens (tertiary/aromatic N) is 1. The minimum atomic E-state index is -0.768. The summed E-state index contributed by atoms with van der Waals surface area (Å²) < 4.78 is 4.91. The van der Waals surface area contributed by atoms with Crippen LogP contribution in [0.2, 0.25) is 0 Å². The molecule has 2 aliphatic carbocycles. The molecule has 4 atom stereocenters. The molecule has 1 aliphatic heterocycles. The summed E-state index contributed by atoms with van der Waals surface area (Å²) in [5.41, 5.74) is 0.592. The maximum absolute atomic E-state index is 12.5. The van der Waals surface area contributed by atoms with Crippen LogP contribution >= 0.6 is 0 Å². The van der Waals surface area contributed by atoms with Gasteiger partial charge in [0.15, 0.2) is 6.61 Å². The first kappa shape index (κ1) is 16.5. The maximum Gasteiger partial charge on any atom is 0.326 e. The molecule has 134 valence electrons. The Hall–Kier alpha value is -2.96. The van der Waals surface area contributed by atoms with E-state index in [2.05, 4.69) is 5.32 Å². The van der Waals surface area contributed by atoms with Crippen molar-refractivity contribution in [1.29, 1.82) is 0 Å². The lowest BCUT2D eigenvalue weighted by Crippen LogP contribution is -2.38. The zero-order valence-electron chi connectivity index (χ0n) is 14.0. The van der Waals surface area contributed by atoms with E-state index in [0.29, 0.717) is 5.69 Å². The number of benzene rings is 1. The van der Waals surface area contributed by atoms with Gasteiger partial charge in [0, 0.05) is 5.69 Å². The van der Waals surface area contributed by atoms with E-state index in [4.69, 9.17) is 4.74 Å². The fraction of sp³-hybridized carbons (Fsp3) is 0.368. The number of carbonyl (C=O) groups excluding carboxylic acids is 4. The van der Waals surface area contributed by atoms with Crippen molar-refractivity contribution in [3.8, 4) is 0 Å². The average molecular weight is 354 g/mol. The number of allylic oxidation sites excluding steroid dienone is 2. The summed E-state index contributed by atoms with van der Waals surface area (Å²) in [4.78, 5) is 49.7. The second-order valence-corrected chi connectivity index (χ2v) is 6.84. The number of carbonyl (C=O) groups is 4. The van der Waals surface area contributed by atoms with Gasteiger partial charge < -0.3 is 10.1 Å². The summed E-state index contributed by atoms with van der Waals surface area (Å²) in [5, 5.41) is 2.59. The van der Waals surface area contributed by atoms with E-state index in [9.17, 15) is 19.2 Å². The molecule has 1 aromatic rings. The quantitative estimate of drug-likeness (QED) is 0.483. The van der Waals surface area contributed by atoms with Gasteiger partial charge in [-0.15, -0.1) is 0 Å². The highest BCUT2D eigenvalue weighted by Crippen LogP contribution is 2.52. The molecule has 1 saturated heterocycles. The van der Waals surface area contributed by atoms with Crippen molar-refractivity contribution < 1.29 is 23.9 Å². The molecular formula is C19H18N2O5. The number of hydrogen-bond donors (Lipinski definition) is 1. The Kier molecular flexibility index (Phi) is 4.06. The van der Waals surface area contributed by atoms with Gasteiger partial charge in [-0.3, -0.25) is 24.1 Å². The number of fused-ring (bicyclic) bond motifs is 5. The molecule has 0 spiro atoms. The topological polar surface area (TPSA) is 92.8 Å². The van der Waals surface area contributed by atoms with Gasteiger partial charge in [0.05, 0.1) is 11.8 Å². The molecular weight excluding hydrogens is 336 g/mol. The Labute approximate surface area is 150 Å². The second kappa shape index (κ2) is 6.40. The molecule has 0 radical (unpaired) electrons. The van der Waals surface area contributed by atoms with Gasteiger partial charge in [-0.05, 0) is 30.4 Å². The molecule has 4 rings (SSSR count). The van der Waals surface area contributed by atoms with Gasteiger partial charge in [0.2, 0.25) is 11.8 Å². The first-order valence-electron chi connectivity index (χ1n) is 8.58. The summed E-state index contributed by atoms with van der Waals surface area (Å²) in [5.74, 6) is -2.35. The number of imide groups is 1. The van der Waals surface area contributed by atoms with Gasteiger partial charge in [0.25, 0.3) is 5.91 Å². The third-order valence-electron chi connectivity index (χ3n) is 5.27. The Bertz CT molecular complexity index is 773. The molecule has 1 N–H and O–H groups in total. The van der Waals surface area contributed by atoms with Crippen LogP contribution in [0.4, 0.5) is 5.69 Å². The number of rotatable bonds is 5. The standard InChI is InChI=1S/C19H18N2O5/c22-14(20-13-4-2-1-3-5-13)10-26-15(23)9-21-18(24)16-11-6-7-12(8-11)17(16)19(21)25/h1-7,11-12,16-17H,8-10H2,(H,20,22)/t11-,12-,16+,17+/m0/s1. The Morgan fingerprint density at radius 2 is 1.65 bits per heavy atom. The monoisotopic (exact) mass is 354 g/mol. The maximum atomic E-state index is 12.5. The van der Waals surface area contributed by atoms with Crippen molar-refractivity contribution in [2.45, 2.75) is 6.42 Å². The van der Waals surface area contributed by atoms with Gasteiger partial charge in [0.1, 0.15) is 6.54 Å². The van der Waals surface area contributed by atoms with E-state index < -0.39 is 25.0 Å². The van der Waals surface area contributed by atoms with Crippen molar-refractivity contribution in [1.82, 2.24) is 4.90 Å². The first-order valence-corrected chi connectivity index (χ1v) is 8.58. The molecule has 1 saturated carbocycles. The van der Waals surface area contributed by atoms with Crippen LogP contribution in [0.3, 0.4) is 0 Å². The number of nitrogens with one attached hydrogen (secondary N) is 1. The summed E-state index contributed by atoms with van der Waals surface area (Å²) >= 11 is 0. The Morgan fingerprint density at radius 3 is 2.27 bits per heavy atom. The third kappa shape index (κ3) is 2.79. The summed E-state index contributed by atoms with van der Waals surface area (Å²) in [6.07, 6.45) is 4.82. The smallest absolute Gasteiger partial charge is 0.326 e. The Morgan fingerprint density at radius 1 is 1.04 bits per heavy atom. The zero-order valence-corrected chi connectivity index (χ0v) is 14.0. The van der Waals surface area contributed by atoms with E-state index in [-0.39, 0.29) is 35.5 Å². The molecule has 26 heavy (non-hydrogen) atoms. The van der Waals surface area contributed by atoms with Gasteiger partial charge in [-0.1, -0.05) is 30.4 Å². The van der Waals surface area contributed by atoms with Crippen molar-refractivity contribution in [3.05, 3.63) is 42.5 Å². The van der Waals surface area contributed by atoms with Crippen LogP contribution in [0.25, 0.3) is 0 Å². The number of ether oxygens (including phenoxy) is 1. The summed E-state index contributed by atoms with van der Waals surface area (Å²) in [7, 11) is 0. The lowest BCUT2D eigenvalue weighted by molar-refractivity contribution is -0.154. The number of anilines is 1. The minimum absolute atomic E-state index is 0.0964. The van der Waals surface area contributed by atoms with Gasteiger partial charge >= 0.3 is 5.97 Å². The largest absolute Gasteiger partial charge is 0.454 e. The molecule has 2 fully saturated rings. The van der Waals surface area contributed by atoms with Crippen LogP contribution in [0.5, 0.6) is 0 Å². The molecule has 7 heteroatoms. The lowest BCUT2D eigenvalue weighted by Gasteiger charge is -2.16. The molecule has 7 nitrogen and oxygen atoms in total. The van der Waals surface area contributed by atoms with Crippen LogP contribution in [0, 0.1) is 23.7 Å². The van der Waals surface area contributed by atoms with E-state index in [1.165, 1.54) is 0 Å². The normalized spacial score (nSPS) is 28.4. The fourth-order valence-corrected chi connectivity index (χ4v) is 4.16. The molecule has 2 bridgehead atoms. The van der Waals surface area contributed by atoms with E-state index >= 15 is 0 Å². The average Bonchev–Trinajstić information content (AvgIpc) is 3.31. The first-order chi connectivity index (χ1) is 12.5. The highest BCUT2D eigenvalue weighted by atomic mass is 16.5. The highest BCUT2D eigenvalue weighted by Gasteiger charge is 2.59. The van der Waals surface area contributed by atoms with E-state index in [0.717, 1.165) is 11.3 Å². The van der Waals surface area contributed by atoms with Crippen LogP contribution in [0.1, 0.15) is 6.42 Å². The second-order valence-electron chi connectivity index (χ2n) is 6.84.